The van der Waals surface area contributed by atoms with Gasteiger partial charge in [0.2, 0.25) is 0 Å². The lowest BCUT2D eigenvalue weighted by Crippen LogP contribution is -1.90. The minimum atomic E-state index is 1.07. The van der Waals surface area contributed by atoms with Gasteiger partial charge in [0.1, 0.15) is 0 Å². The van der Waals surface area contributed by atoms with Crippen molar-refractivity contribution in [2.24, 2.45) is 0 Å². The molecule has 0 atom stereocenters. The van der Waals surface area contributed by atoms with E-state index in [0.29, 0.717) is 0 Å². The van der Waals surface area contributed by atoms with Crippen LogP contribution in [0.5, 0.6) is 0 Å². The van der Waals surface area contributed by atoms with Gasteiger partial charge in [0, 0.05) is 31.5 Å². The van der Waals surface area contributed by atoms with Gasteiger partial charge in [-0.15, -0.1) is 11.3 Å². The quantitative estimate of drug-likeness (QED) is 0.365. The number of hydrogen-bond donors (Lipinski definition) is 1. The molecule has 0 fully saturated rings. The SMILES string of the molecule is C=C/C=C(\C=C)c1ccc(Nc2ccc3c(c2)sc2ccccc23)cc1. The summed E-state index contributed by atoms with van der Waals surface area (Å²) in [6, 6.07) is 23.5. The summed E-state index contributed by atoms with van der Waals surface area (Å²) in [4.78, 5) is 0. The first-order chi connectivity index (χ1) is 12.8. The van der Waals surface area contributed by atoms with Gasteiger partial charge < -0.3 is 5.32 Å². The molecule has 0 spiro atoms. The zero-order valence-corrected chi connectivity index (χ0v) is 15.2. The van der Waals surface area contributed by atoms with Gasteiger partial charge in [-0.1, -0.05) is 67.8 Å². The zero-order chi connectivity index (χ0) is 17.9. The van der Waals surface area contributed by atoms with Gasteiger partial charge in [-0.05, 0) is 41.5 Å². The van der Waals surface area contributed by atoms with Crippen molar-refractivity contribution in [3.05, 3.63) is 104 Å². The van der Waals surface area contributed by atoms with Gasteiger partial charge in [0.05, 0.1) is 0 Å². The summed E-state index contributed by atoms with van der Waals surface area (Å²) in [5, 5.41) is 6.14. The van der Waals surface area contributed by atoms with Crippen LogP contribution in [0.25, 0.3) is 25.7 Å². The second kappa shape index (κ2) is 7.03. The maximum atomic E-state index is 3.86. The third-order valence-corrected chi connectivity index (χ3v) is 5.54. The first-order valence-corrected chi connectivity index (χ1v) is 9.34. The van der Waals surface area contributed by atoms with E-state index in [1.807, 2.05) is 23.5 Å². The minimum absolute atomic E-state index is 1.07. The number of fused-ring (bicyclic) bond motifs is 3. The highest BCUT2D eigenvalue weighted by Gasteiger charge is 2.05. The maximum absolute atomic E-state index is 3.86. The van der Waals surface area contributed by atoms with E-state index in [4.69, 9.17) is 0 Å². The largest absolute Gasteiger partial charge is 0.355 e. The summed E-state index contributed by atoms with van der Waals surface area (Å²) in [5.74, 6) is 0. The molecule has 0 radical (unpaired) electrons. The first kappa shape index (κ1) is 16.4. The van der Waals surface area contributed by atoms with Crippen LogP contribution >= 0.6 is 11.3 Å². The van der Waals surface area contributed by atoms with E-state index in [9.17, 15) is 0 Å². The maximum Gasteiger partial charge on any atom is 0.0398 e. The second-order valence-electron chi connectivity index (χ2n) is 6.07. The van der Waals surface area contributed by atoms with Crippen molar-refractivity contribution in [2.75, 3.05) is 5.32 Å². The summed E-state index contributed by atoms with van der Waals surface area (Å²) >= 11 is 1.83. The highest BCUT2D eigenvalue weighted by Crippen LogP contribution is 2.35. The molecule has 1 heterocycles. The Bertz CT molecular complexity index is 1130. The smallest absolute Gasteiger partial charge is 0.0398 e. The van der Waals surface area contributed by atoms with E-state index < -0.39 is 0 Å². The van der Waals surface area contributed by atoms with Crippen LogP contribution in [0.3, 0.4) is 0 Å². The van der Waals surface area contributed by atoms with Crippen molar-refractivity contribution >= 4 is 48.5 Å². The Hall–Kier alpha value is -3.10. The molecular weight excluding hydrogens is 334 g/mol. The third kappa shape index (κ3) is 3.07. The highest BCUT2D eigenvalue weighted by atomic mass is 32.1. The fourth-order valence-electron chi connectivity index (χ4n) is 3.13. The summed E-state index contributed by atoms with van der Waals surface area (Å²) in [6.45, 7) is 7.61. The van der Waals surface area contributed by atoms with Crippen molar-refractivity contribution in [1.29, 1.82) is 0 Å². The zero-order valence-electron chi connectivity index (χ0n) is 14.4. The molecule has 4 rings (SSSR count). The van der Waals surface area contributed by atoms with Crippen molar-refractivity contribution in [1.82, 2.24) is 0 Å². The Balaban J connectivity index is 1.62. The molecule has 1 nitrogen and oxygen atoms in total. The molecule has 0 saturated carbocycles. The van der Waals surface area contributed by atoms with Crippen molar-refractivity contribution in [3.8, 4) is 0 Å². The first-order valence-electron chi connectivity index (χ1n) is 8.52. The van der Waals surface area contributed by atoms with Crippen LogP contribution in [0.1, 0.15) is 5.56 Å². The lowest BCUT2D eigenvalue weighted by molar-refractivity contribution is 1.55. The molecule has 0 amide bonds. The molecule has 3 aromatic carbocycles. The lowest BCUT2D eigenvalue weighted by Gasteiger charge is -2.08. The van der Waals surface area contributed by atoms with Crippen molar-refractivity contribution in [2.45, 2.75) is 0 Å². The molecule has 26 heavy (non-hydrogen) atoms. The van der Waals surface area contributed by atoms with Crippen molar-refractivity contribution in [3.63, 3.8) is 0 Å². The fraction of sp³-hybridized carbons (Fsp3) is 0. The monoisotopic (exact) mass is 353 g/mol. The molecule has 0 unspecified atom stereocenters. The van der Waals surface area contributed by atoms with Crippen LogP contribution < -0.4 is 5.32 Å². The molecule has 0 aliphatic rings. The molecule has 0 saturated heterocycles. The molecular formula is C24H19NS. The van der Waals surface area contributed by atoms with Crippen LogP contribution in [-0.4, -0.2) is 0 Å². The predicted octanol–water partition coefficient (Wildman–Crippen LogP) is 7.55. The van der Waals surface area contributed by atoms with Crippen LogP contribution in [0.15, 0.2) is 98.1 Å². The average Bonchev–Trinajstić information content (AvgIpc) is 3.04. The van der Waals surface area contributed by atoms with E-state index in [1.165, 1.54) is 20.2 Å². The molecule has 4 aromatic rings. The molecule has 1 N–H and O–H groups in total. The number of rotatable bonds is 5. The molecule has 126 valence electrons. The summed E-state index contributed by atoms with van der Waals surface area (Å²) < 4.78 is 2.63. The number of benzene rings is 3. The molecule has 0 aliphatic carbocycles. The number of thiophene rings is 1. The van der Waals surface area contributed by atoms with E-state index in [1.54, 1.807) is 6.08 Å². The Morgan fingerprint density at radius 1 is 0.808 bits per heavy atom. The van der Waals surface area contributed by atoms with Gasteiger partial charge in [0.25, 0.3) is 0 Å². The van der Waals surface area contributed by atoms with Crippen LogP contribution in [0.2, 0.25) is 0 Å². The number of nitrogens with one attached hydrogen (secondary N) is 1. The number of hydrogen-bond acceptors (Lipinski definition) is 2. The normalized spacial score (nSPS) is 11.6. The van der Waals surface area contributed by atoms with Gasteiger partial charge >= 0.3 is 0 Å². The number of allylic oxidation sites excluding steroid dienone is 4. The average molecular weight is 353 g/mol. The van der Waals surface area contributed by atoms with E-state index >= 15 is 0 Å². The van der Waals surface area contributed by atoms with Gasteiger partial charge in [0.15, 0.2) is 0 Å². The van der Waals surface area contributed by atoms with Crippen LogP contribution in [-0.2, 0) is 0 Å². The highest BCUT2D eigenvalue weighted by molar-refractivity contribution is 7.25. The minimum Gasteiger partial charge on any atom is -0.355 e. The van der Waals surface area contributed by atoms with Gasteiger partial charge in [-0.3, -0.25) is 0 Å². The Kier molecular flexibility index (Phi) is 4.42. The Labute approximate surface area is 157 Å². The molecule has 2 heteroatoms. The van der Waals surface area contributed by atoms with Crippen LogP contribution in [0, 0.1) is 0 Å². The Morgan fingerprint density at radius 3 is 2.31 bits per heavy atom. The van der Waals surface area contributed by atoms with Gasteiger partial charge in [-0.2, -0.15) is 0 Å². The standard InChI is InChI=1S/C24H19NS/c1-3-7-17(4-2)18-10-12-19(13-11-18)25-20-14-15-22-21-8-5-6-9-23(21)26-24(22)16-20/h3-16,25H,1-2H2/b17-7+. The summed E-state index contributed by atoms with van der Waals surface area (Å²) in [5.41, 5.74) is 4.36. The lowest BCUT2D eigenvalue weighted by atomic mass is 10.1. The third-order valence-electron chi connectivity index (χ3n) is 4.40. The van der Waals surface area contributed by atoms with E-state index in [-0.39, 0.29) is 0 Å². The molecule has 0 aliphatic heterocycles. The molecule has 0 bridgehead atoms. The van der Waals surface area contributed by atoms with E-state index in [0.717, 1.165) is 22.5 Å². The Morgan fingerprint density at radius 2 is 1.54 bits per heavy atom. The van der Waals surface area contributed by atoms with E-state index in [2.05, 4.69) is 85.2 Å². The van der Waals surface area contributed by atoms with Crippen molar-refractivity contribution < 1.29 is 0 Å². The van der Waals surface area contributed by atoms with Gasteiger partial charge in [-0.25, -0.2) is 0 Å². The summed E-state index contributed by atoms with van der Waals surface area (Å²) in [7, 11) is 0. The number of anilines is 2. The fourth-order valence-corrected chi connectivity index (χ4v) is 4.27. The second-order valence-corrected chi connectivity index (χ2v) is 7.16. The predicted molar refractivity (Wildman–Crippen MR) is 117 cm³/mol. The van der Waals surface area contributed by atoms with Crippen LogP contribution in [0.4, 0.5) is 11.4 Å². The molecule has 1 aromatic heterocycles. The summed E-state index contributed by atoms with van der Waals surface area (Å²) in [6.07, 6.45) is 5.59. The topological polar surface area (TPSA) is 12.0 Å².